The average Bonchev–Trinajstić information content (AvgIpc) is 2.18. The maximum absolute atomic E-state index is 11.2. The second-order valence-electron chi connectivity index (χ2n) is 3.67. The molecule has 5 nitrogen and oxygen atoms in total. The van der Waals surface area contributed by atoms with Crippen LogP contribution in [0.5, 0.6) is 0 Å². The van der Waals surface area contributed by atoms with E-state index in [0.29, 0.717) is 5.57 Å². The lowest BCUT2D eigenvalue weighted by Gasteiger charge is -2.30. The lowest BCUT2D eigenvalue weighted by Crippen LogP contribution is -2.41. The Morgan fingerprint density at radius 1 is 1.44 bits per heavy atom. The summed E-state index contributed by atoms with van der Waals surface area (Å²) in [6, 6.07) is -0.480. The summed E-state index contributed by atoms with van der Waals surface area (Å²) in [5, 5.41) is 10.00. The molecular formula is C10H11NO4S. The van der Waals surface area contributed by atoms with Gasteiger partial charge in [0.2, 0.25) is 4.93 Å². The first-order valence-corrected chi connectivity index (χ1v) is 6.04. The molecule has 16 heavy (non-hydrogen) atoms. The fourth-order valence-electron chi connectivity index (χ4n) is 1.72. The van der Waals surface area contributed by atoms with Crippen molar-refractivity contribution in [3.05, 3.63) is 47.6 Å². The molecule has 0 spiro atoms. The van der Waals surface area contributed by atoms with Gasteiger partial charge in [0.15, 0.2) is 0 Å². The van der Waals surface area contributed by atoms with E-state index in [1.807, 2.05) is 0 Å². The Hall–Kier alpha value is -1.21. The van der Waals surface area contributed by atoms with Crippen molar-refractivity contribution in [2.45, 2.75) is 11.0 Å². The Morgan fingerprint density at radius 3 is 2.75 bits per heavy atom. The summed E-state index contributed by atoms with van der Waals surface area (Å²) in [4.78, 5) is -2.40. The minimum atomic E-state index is -4.65. The van der Waals surface area contributed by atoms with Gasteiger partial charge in [-0.3, -0.25) is 4.55 Å². The van der Waals surface area contributed by atoms with Crippen molar-refractivity contribution in [2.24, 2.45) is 5.73 Å². The summed E-state index contributed by atoms with van der Waals surface area (Å²) in [6.07, 6.45) is 8.71. The van der Waals surface area contributed by atoms with Gasteiger partial charge < -0.3 is 10.8 Å². The van der Waals surface area contributed by atoms with E-state index in [4.69, 9.17) is 10.3 Å². The SMILES string of the molecule is NC1C=CC2=CC=CC(O)(S(=O)(=O)O)C2=C1. The quantitative estimate of drug-likeness (QED) is 0.556. The zero-order valence-corrected chi connectivity index (χ0v) is 9.05. The number of hydrogen-bond donors (Lipinski definition) is 3. The normalized spacial score (nSPS) is 33.1. The zero-order chi connectivity index (χ0) is 12.0. The second-order valence-corrected chi connectivity index (χ2v) is 5.24. The van der Waals surface area contributed by atoms with Crippen LogP contribution in [0.25, 0.3) is 0 Å². The summed E-state index contributed by atoms with van der Waals surface area (Å²) in [5.41, 5.74) is 6.21. The van der Waals surface area contributed by atoms with E-state index in [-0.39, 0.29) is 5.57 Å². The fraction of sp³-hybridized carbons (Fsp3) is 0.200. The van der Waals surface area contributed by atoms with Crippen molar-refractivity contribution < 1.29 is 18.1 Å². The van der Waals surface area contributed by atoms with Gasteiger partial charge in [-0.05, 0) is 11.6 Å². The summed E-state index contributed by atoms with van der Waals surface area (Å²) >= 11 is 0. The van der Waals surface area contributed by atoms with Crippen LogP contribution in [0.3, 0.4) is 0 Å². The van der Waals surface area contributed by atoms with E-state index in [1.54, 1.807) is 18.2 Å². The van der Waals surface area contributed by atoms with E-state index in [2.05, 4.69) is 0 Å². The third kappa shape index (κ3) is 1.56. The highest BCUT2D eigenvalue weighted by Gasteiger charge is 2.44. The maximum Gasteiger partial charge on any atom is 0.303 e. The van der Waals surface area contributed by atoms with Gasteiger partial charge in [0.25, 0.3) is 0 Å². The summed E-state index contributed by atoms with van der Waals surface area (Å²) in [6.45, 7) is 0. The number of hydrogen-bond acceptors (Lipinski definition) is 4. The van der Waals surface area contributed by atoms with Crippen LogP contribution in [0.1, 0.15) is 0 Å². The fourth-order valence-corrected chi connectivity index (χ4v) is 2.43. The van der Waals surface area contributed by atoms with Gasteiger partial charge in [-0.15, -0.1) is 0 Å². The lowest BCUT2D eigenvalue weighted by atomic mass is 9.89. The molecule has 2 unspecified atom stereocenters. The molecule has 0 fully saturated rings. The lowest BCUT2D eigenvalue weighted by molar-refractivity contribution is 0.197. The van der Waals surface area contributed by atoms with Crippen molar-refractivity contribution in [3.8, 4) is 0 Å². The first kappa shape index (κ1) is 11.3. The smallest absolute Gasteiger partial charge is 0.303 e. The molecule has 2 atom stereocenters. The van der Waals surface area contributed by atoms with E-state index in [1.165, 1.54) is 12.2 Å². The number of aliphatic hydroxyl groups is 1. The molecule has 0 radical (unpaired) electrons. The largest absolute Gasteiger partial charge is 0.366 e. The van der Waals surface area contributed by atoms with Crippen LogP contribution >= 0.6 is 0 Å². The topological polar surface area (TPSA) is 101 Å². The van der Waals surface area contributed by atoms with E-state index in [0.717, 1.165) is 6.08 Å². The molecule has 0 saturated heterocycles. The second kappa shape index (κ2) is 3.39. The highest BCUT2D eigenvalue weighted by atomic mass is 32.2. The van der Waals surface area contributed by atoms with Crippen LogP contribution in [0.15, 0.2) is 47.6 Å². The Balaban J connectivity index is 2.61. The molecular weight excluding hydrogens is 230 g/mol. The van der Waals surface area contributed by atoms with Gasteiger partial charge in [0, 0.05) is 11.6 Å². The maximum atomic E-state index is 11.2. The number of nitrogens with two attached hydrogens (primary N) is 1. The molecule has 2 rings (SSSR count). The standard InChI is InChI=1S/C10H11NO4S/c11-8-4-3-7-2-1-5-10(12,9(7)6-8)16(13,14)15/h1-6,8,12H,11H2,(H,13,14,15). The number of rotatable bonds is 1. The van der Waals surface area contributed by atoms with Crippen molar-refractivity contribution in [1.82, 2.24) is 0 Å². The minimum Gasteiger partial charge on any atom is -0.366 e. The van der Waals surface area contributed by atoms with Crippen LogP contribution in [0.2, 0.25) is 0 Å². The molecule has 4 N–H and O–H groups in total. The van der Waals surface area contributed by atoms with Crippen molar-refractivity contribution in [1.29, 1.82) is 0 Å². The Bertz CT molecular complexity index is 541. The van der Waals surface area contributed by atoms with Gasteiger partial charge in [0.05, 0.1) is 0 Å². The van der Waals surface area contributed by atoms with E-state index >= 15 is 0 Å². The predicted molar refractivity (Wildman–Crippen MR) is 58.9 cm³/mol. The van der Waals surface area contributed by atoms with Gasteiger partial charge >= 0.3 is 10.1 Å². The Kier molecular flexibility index (Phi) is 2.39. The molecule has 0 saturated carbocycles. The summed E-state index contributed by atoms with van der Waals surface area (Å²) in [7, 11) is -4.65. The third-order valence-electron chi connectivity index (χ3n) is 2.55. The molecule has 2 aliphatic carbocycles. The van der Waals surface area contributed by atoms with E-state index in [9.17, 15) is 13.5 Å². The van der Waals surface area contributed by atoms with Crippen molar-refractivity contribution >= 4 is 10.1 Å². The molecule has 6 heteroatoms. The van der Waals surface area contributed by atoms with Crippen LogP contribution in [-0.4, -0.2) is 29.1 Å². The first-order chi connectivity index (χ1) is 7.34. The number of allylic oxidation sites excluding steroid dienone is 3. The molecule has 86 valence electrons. The van der Waals surface area contributed by atoms with Crippen LogP contribution in [0.4, 0.5) is 0 Å². The molecule has 0 aromatic heterocycles. The summed E-state index contributed by atoms with van der Waals surface area (Å²) < 4.78 is 31.4. The van der Waals surface area contributed by atoms with Gasteiger partial charge in [0.1, 0.15) is 0 Å². The monoisotopic (exact) mass is 241 g/mol. The first-order valence-electron chi connectivity index (χ1n) is 4.60. The third-order valence-corrected chi connectivity index (χ3v) is 3.69. The Morgan fingerprint density at radius 2 is 2.12 bits per heavy atom. The predicted octanol–water partition coefficient (Wildman–Crippen LogP) is -0.117. The molecule has 2 aliphatic rings. The molecule has 0 amide bonds. The van der Waals surface area contributed by atoms with Gasteiger partial charge in [-0.2, -0.15) is 8.42 Å². The van der Waals surface area contributed by atoms with Crippen LogP contribution in [0, 0.1) is 0 Å². The Labute approximate surface area is 93.0 Å². The number of fused-ring (bicyclic) bond motifs is 1. The van der Waals surface area contributed by atoms with Gasteiger partial charge in [-0.1, -0.05) is 30.4 Å². The molecule has 0 bridgehead atoms. The molecule has 0 aromatic carbocycles. The zero-order valence-electron chi connectivity index (χ0n) is 8.24. The van der Waals surface area contributed by atoms with Crippen molar-refractivity contribution in [2.75, 3.05) is 0 Å². The van der Waals surface area contributed by atoms with Crippen molar-refractivity contribution in [3.63, 3.8) is 0 Å². The summed E-state index contributed by atoms with van der Waals surface area (Å²) in [5.74, 6) is 0. The molecule has 0 aromatic rings. The van der Waals surface area contributed by atoms with Gasteiger partial charge in [-0.25, -0.2) is 0 Å². The van der Waals surface area contributed by atoms with E-state index < -0.39 is 21.1 Å². The average molecular weight is 241 g/mol. The minimum absolute atomic E-state index is 0.0903. The highest BCUT2D eigenvalue weighted by Crippen LogP contribution is 2.36. The van der Waals surface area contributed by atoms with Crippen LogP contribution in [-0.2, 0) is 10.1 Å². The van der Waals surface area contributed by atoms with Crippen LogP contribution < -0.4 is 5.73 Å². The molecule has 0 heterocycles. The molecule has 0 aliphatic heterocycles. The highest BCUT2D eigenvalue weighted by molar-refractivity contribution is 7.87.